The van der Waals surface area contributed by atoms with Gasteiger partial charge < -0.3 is 9.15 Å². The van der Waals surface area contributed by atoms with E-state index in [1.807, 2.05) is 0 Å². The molecule has 0 N–H and O–H groups in total. The number of hydrogen-bond acceptors (Lipinski definition) is 3. The number of carbonyl (C=O) groups is 1. The first-order chi connectivity index (χ1) is 9.20. The Bertz CT molecular complexity index is 647. The summed E-state index contributed by atoms with van der Waals surface area (Å²) in [5.74, 6) is 4.73. The predicted octanol–water partition coefficient (Wildman–Crippen LogP) is 3.00. The molecule has 1 aromatic carbocycles. The Morgan fingerprint density at radius 2 is 2.05 bits per heavy atom. The molecular weight excluding hydrogens is 247 g/mol. The van der Waals surface area contributed by atoms with Crippen LogP contribution in [0, 0.1) is 17.7 Å². The van der Waals surface area contributed by atoms with Crippen molar-refractivity contribution in [1.82, 2.24) is 0 Å². The fourth-order valence-electron chi connectivity index (χ4n) is 1.41. The molecule has 2 aromatic rings. The van der Waals surface area contributed by atoms with Crippen LogP contribution in [0.2, 0.25) is 0 Å². The molecule has 1 heterocycles. The van der Waals surface area contributed by atoms with Gasteiger partial charge in [-0.2, -0.15) is 0 Å². The lowest BCUT2D eigenvalue weighted by Gasteiger charge is -1.95. The van der Waals surface area contributed by atoms with Gasteiger partial charge in [0.2, 0.25) is 5.76 Å². The molecule has 4 heteroatoms. The average Bonchev–Trinajstić information content (AvgIpc) is 2.87. The van der Waals surface area contributed by atoms with E-state index in [0.717, 1.165) is 0 Å². The minimum Gasteiger partial charge on any atom is -0.460 e. The van der Waals surface area contributed by atoms with Crippen molar-refractivity contribution in [2.75, 3.05) is 6.61 Å². The van der Waals surface area contributed by atoms with E-state index in [1.165, 1.54) is 12.1 Å². The Morgan fingerprint density at radius 3 is 2.79 bits per heavy atom. The van der Waals surface area contributed by atoms with Gasteiger partial charge in [0.05, 0.1) is 12.2 Å². The third-order valence-corrected chi connectivity index (χ3v) is 2.28. The highest BCUT2D eigenvalue weighted by Gasteiger charge is 2.10. The van der Waals surface area contributed by atoms with Gasteiger partial charge in [-0.15, -0.1) is 0 Å². The number of benzene rings is 1. The molecule has 0 atom stereocenters. The molecule has 0 amide bonds. The van der Waals surface area contributed by atoms with E-state index in [4.69, 9.17) is 9.15 Å². The largest absolute Gasteiger partial charge is 0.460 e. The van der Waals surface area contributed by atoms with Gasteiger partial charge in [0.25, 0.3) is 0 Å². The van der Waals surface area contributed by atoms with Crippen molar-refractivity contribution in [3.8, 4) is 11.8 Å². The summed E-state index contributed by atoms with van der Waals surface area (Å²) in [7, 11) is 0. The van der Waals surface area contributed by atoms with Crippen molar-refractivity contribution in [3.63, 3.8) is 0 Å². The number of furan rings is 1. The quantitative estimate of drug-likeness (QED) is 0.614. The molecule has 0 saturated carbocycles. The maximum atomic E-state index is 13.3. The van der Waals surface area contributed by atoms with E-state index in [2.05, 4.69) is 11.8 Å². The van der Waals surface area contributed by atoms with Crippen molar-refractivity contribution in [2.45, 2.75) is 6.92 Å². The smallest absolute Gasteiger partial charge is 0.374 e. The maximum Gasteiger partial charge on any atom is 0.374 e. The van der Waals surface area contributed by atoms with Gasteiger partial charge in [0.1, 0.15) is 5.82 Å². The van der Waals surface area contributed by atoms with E-state index in [0.29, 0.717) is 0 Å². The summed E-state index contributed by atoms with van der Waals surface area (Å²) in [6, 6.07) is 9.20. The van der Waals surface area contributed by atoms with Crippen molar-refractivity contribution in [1.29, 1.82) is 0 Å². The normalized spacial score (nSPS) is 9.58. The summed E-state index contributed by atoms with van der Waals surface area (Å²) in [6.07, 6.45) is 0. The third-order valence-electron chi connectivity index (χ3n) is 2.28. The van der Waals surface area contributed by atoms with Crippen LogP contribution in [-0.4, -0.2) is 12.6 Å². The van der Waals surface area contributed by atoms with E-state index in [9.17, 15) is 9.18 Å². The Morgan fingerprint density at radius 1 is 1.26 bits per heavy atom. The van der Waals surface area contributed by atoms with Crippen molar-refractivity contribution >= 4 is 5.97 Å². The molecule has 0 unspecified atom stereocenters. The lowest BCUT2D eigenvalue weighted by atomic mass is 10.2. The third kappa shape index (κ3) is 3.23. The molecule has 19 heavy (non-hydrogen) atoms. The first kappa shape index (κ1) is 12.9. The fraction of sp³-hybridized carbons (Fsp3) is 0.133. The summed E-state index contributed by atoms with van der Waals surface area (Å²) >= 11 is 0. The summed E-state index contributed by atoms with van der Waals surface area (Å²) in [5, 5.41) is 0. The van der Waals surface area contributed by atoms with Gasteiger partial charge in [-0.25, -0.2) is 9.18 Å². The van der Waals surface area contributed by atoms with Crippen LogP contribution in [0.25, 0.3) is 0 Å². The van der Waals surface area contributed by atoms with Gasteiger partial charge in [-0.1, -0.05) is 18.1 Å². The van der Waals surface area contributed by atoms with Crippen molar-refractivity contribution in [2.24, 2.45) is 0 Å². The Labute approximate surface area is 110 Å². The topological polar surface area (TPSA) is 39.4 Å². The summed E-state index contributed by atoms with van der Waals surface area (Å²) in [5.41, 5.74) is 0.275. The minimum absolute atomic E-state index is 0.0830. The second-order valence-corrected chi connectivity index (χ2v) is 3.61. The number of esters is 1. The lowest BCUT2D eigenvalue weighted by molar-refractivity contribution is 0.0489. The Balaban J connectivity index is 2.17. The minimum atomic E-state index is -0.540. The number of ether oxygens (including phenoxy) is 1. The van der Waals surface area contributed by atoms with E-state index < -0.39 is 11.8 Å². The first-order valence-corrected chi connectivity index (χ1v) is 5.74. The zero-order valence-corrected chi connectivity index (χ0v) is 10.3. The molecule has 0 bridgehead atoms. The van der Waals surface area contributed by atoms with Crippen LogP contribution in [0.3, 0.4) is 0 Å². The second kappa shape index (κ2) is 5.87. The molecule has 0 spiro atoms. The van der Waals surface area contributed by atoms with E-state index in [1.54, 1.807) is 31.2 Å². The fourth-order valence-corrected chi connectivity index (χ4v) is 1.41. The van der Waals surface area contributed by atoms with Crippen LogP contribution >= 0.6 is 0 Å². The van der Waals surface area contributed by atoms with Gasteiger partial charge in [0.15, 0.2) is 5.76 Å². The van der Waals surface area contributed by atoms with E-state index in [-0.39, 0.29) is 23.7 Å². The molecule has 96 valence electrons. The monoisotopic (exact) mass is 258 g/mol. The average molecular weight is 258 g/mol. The predicted molar refractivity (Wildman–Crippen MR) is 67.0 cm³/mol. The highest BCUT2D eigenvalue weighted by molar-refractivity contribution is 5.86. The second-order valence-electron chi connectivity index (χ2n) is 3.61. The van der Waals surface area contributed by atoms with Gasteiger partial charge in [-0.3, -0.25) is 0 Å². The number of carbonyl (C=O) groups excluding carboxylic acids is 1. The van der Waals surface area contributed by atoms with Crippen LogP contribution in [0.4, 0.5) is 4.39 Å². The molecule has 2 rings (SSSR count). The van der Waals surface area contributed by atoms with Crippen LogP contribution in [0.15, 0.2) is 40.8 Å². The highest BCUT2D eigenvalue weighted by atomic mass is 19.1. The number of rotatable bonds is 2. The molecule has 0 aliphatic heterocycles. The SMILES string of the molecule is CCOC(=O)c1ccc(C#Cc2ccccc2F)o1. The van der Waals surface area contributed by atoms with Gasteiger partial charge in [-0.05, 0) is 37.1 Å². The van der Waals surface area contributed by atoms with Crippen molar-refractivity contribution < 1.29 is 18.3 Å². The molecular formula is C15H11FO3. The van der Waals surface area contributed by atoms with Gasteiger partial charge in [0, 0.05) is 0 Å². The summed E-state index contributed by atoms with van der Waals surface area (Å²) in [4.78, 5) is 11.4. The van der Waals surface area contributed by atoms with Gasteiger partial charge >= 0.3 is 5.97 Å². The number of hydrogen-bond donors (Lipinski definition) is 0. The van der Waals surface area contributed by atoms with Crippen LogP contribution < -0.4 is 0 Å². The molecule has 0 fully saturated rings. The first-order valence-electron chi connectivity index (χ1n) is 5.74. The number of halogens is 1. The van der Waals surface area contributed by atoms with Crippen molar-refractivity contribution in [3.05, 3.63) is 59.3 Å². The molecule has 0 aliphatic carbocycles. The summed E-state index contributed by atoms with van der Waals surface area (Å²) in [6.45, 7) is 1.98. The maximum absolute atomic E-state index is 13.3. The molecule has 0 aliphatic rings. The molecule has 1 aromatic heterocycles. The zero-order chi connectivity index (χ0) is 13.7. The Kier molecular flexibility index (Phi) is 3.99. The van der Waals surface area contributed by atoms with Crippen LogP contribution in [0.5, 0.6) is 0 Å². The molecule has 0 radical (unpaired) electrons. The lowest BCUT2D eigenvalue weighted by Crippen LogP contribution is -2.02. The summed E-state index contributed by atoms with van der Waals surface area (Å²) < 4.78 is 23.3. The molecule has 0 saturated heterocycles. The molecule has 3 nitrogen and oxygen atoms in total. The standard InChI is InChI=1S/C15H11FO3/c1-2-18-15(17)14-10-9-12(19-14)8-7-11-5-3-4-6-13(11)16/h3-6,9-10H,2H2,1H3. The van der Waals surface area contributed by atoms with Crippen LogP contribution in [-0.2, 0) is 4.74 Å². The Hall–Kier alpha value is -2.54. The van der Waals surface area contributed by atoms with Crippen LogP contribution in [0.1, 0.15) is 28.8 Å². The van der Waals surface area contributed by atoms with E-state index >= 15 is 0 Å². The highest BCUT2D eigenvalue weighted by Crippen LogP contribution is 2.09. The zero-order valence-electron chi connectivity index (χ0n) is 10.3.